The smallest absolute Gasteiger partial charge is 0.198 e. The first kappa shape index (κ1) is 13.6. The van der Waals surface area contributed by atoms with Crippen molar-refractivity contribution in [2.45, 2.75) is 0 Å². The monoisotopic (exact) mass is 301 g/mol. The largest absolute Gasteiger partial charge is 0.497 e. The van der Waals surface area contributed by atoms with Gasteiger partial charge in [0, 0.05) is 16.5 Å². The molecular weight excluding hydrogens is 288 g/mol. The van der Waals surface area contributed by atoms with Crippen molar-refractivity contribution < 1.29 is 14.6 Å². The Morgan fingerprint density at radius 3 is 2.13 bits per heavy atom. The Bertz CT molecular complexity index is 961. The first-order chi connectivity index (χ1) is 11.2. The van der Waals surface area contributed by atoms with Crippen molar-refractivity contribution >= 4 is 27.9 Å². The number of rotatable bonds is 2. The molecular formula is C20H13O3. The van der Waals surface area contributed by atoms with Crippen LogP contribution in [0.15, 0.2) is 60.7 Å². The van der Waals surface area contributed by atoms with Gasteiger partial charge in [0.05, 0.1) is 12.7 Å². The fraction of sp³-hybridized carbons (Fsp3) is 0.0500. The van der Waals surface area contributed by atoms with Gasteiger partial charge in [-0.05, 0) is 23.1 Å². The maximum Gasteiger partial charge on any atom is 0.198 e. The van der Waals surface area contributed by atoms with E-state index in [0.29, 0.717) is 22.4 Å². The molecule has 0 atom stereocenters. The Labute approximate surface area is 133 Å². The lowest BCUT2D eigenvalue weighted by Gasteiger charge is -2.18. The van der Waals surface area contributed by atoms with Crippen molar-refractivity contribution in [3.63, 3.8) is 0 Å². The van der Waals surface area contributed by atoms with Crippen LogP contribution in [0.3, 0.4) is 0 Å². The summed E-state index contributed by atoms with van der Waals surface area (Å²) in [7, 11) is 1.58. The van der Waals surface area contributed by atoms with E-state index in [2.05, 4.69) is 0 Å². The topological polar surface area (TPSA) is 46.2 Å². The highest BCUT2D eigenvalue weighted by Gasteiger charge is 2.29. The van der Waals surface area contributed by atoms with Gasteiger partial charge in [-0.2, -0.15) is 0 Å². The number of carbonyl (C=O) groups is 1. The summed E-state index contributed by atoms with van der Waals surface area (Å²) in [4.78, 5) is 12.9. The van der Waals surface area contributed by atoms with Gasteiger partial charge in [-0.3, -0.25) is 9.90 Å². The molecule has 0 aliphatic heterocycles. The lowest BCUT2D eigenvalue weighted by molar-refractivity contribution is 0.105. The van der Waals surface area contributed by atoms with Crippen LogP contribution in [0.2, 0.25) is 0 Å². The lowest BCUT2D eigenvalue weighted by Crippen LogP contribution is -2.11. The van der Waals surface area contributed by atoms with Gasteiger partial charge in [0.25, 0.3) is 0 Å². The number of hydrogen-bond donors (Lipinski definition) is 0. The van der Waals surface area contributed by atoms with E-state index in [0.717, 1.165) is 10.8 Å². The van der Waals surface area contributed by atoms with Gasteiger partial charge in [-0.25, -0.2) is 0 Å². The molecule has 1 aliphatic rings. The third-order valence-corrected chi connectivity index (χ3v) is 4.23. The van der Waals surface area contributed by atoms with Crippen LogP contribution in [-0.4, -0.2) is 12.9 Å². The molecule has 0 spiro atoms. The molecule has 0 N–H and O–H groups in total. The van der Waals surface area contributed by atoms with Crippen molar-refractivity contribution in [3.05, 3.63) is 77.4 Å². The summed E-state index contributed by atoms with van der Waals surface area (Å²) in [5, 5.41) is 14.5. The Balaban J connectivity index is 2.00. The fourth-order valence-corrected chi connectivity index (χ4v) is 3.11. The summed E-state index contributed by atoms with van der Waals surface area (Å²) >= 11 is 0. The number of hydrogen-bond acceptors (Lipinski definition) is 2. The minimum atomic E-state index is -0.218. The summed E-state index contributed by atoms with van der Waals surface area (Å²) in [5.74, 6) is 0.251. The second-order valence-corrected chi connectivity index (χ2v) is 5.47. The molecule has 0 aromatic heterocycles. The van der Waals surface area contributed by atoms with Gasteiger partial charge in [-0.1, -0.05) is 48.5 Å². The number of methoxy groups -OCH3 is 1. The van der Waals surface area contributed by atoms with E-state index in [9.17, 15) is 9.90 Å². The highest BCUT2D eigenvalue weighted by atomic mass is 16.5. The first-order valence-electron chi connectivity index (χ1n) is 7.33. The quantitative estimate of drug-likeness (QED) is 0.706. The Kier molecular flexibility index (Phi) is 2.95. The van der Waals surface area contributed by atoms with Crippen LogP contribution in [0.5, 0.6) is 5.75 Å². The van der Waals surface area contributed by atoms with Crippen molar-refractivity contribution in [2.24, 2.45) is 0 Å². The predicted octanol–water partition coefficient (Wildman–Crippen LogP) is 4.34. The van der Waals surface area contributed by atoms with Crippen LogP contribution in [0.1, 0.15) is 21.5 Å². The van der Waals surface area contributed by atoms with Gasteiger partial charge in [-0.15, -0.1) is 0 Å². The number of Topliss-reactive ketones (excluding diaryl/α,β-unsaturated/α-hetero) is 1. The number of allylic oxidation sites excluding steroid dienone is 1. The van der Waals surface area contributed by atoms with Crippen molar-refractivity contribution in [1.29, 1.82) is 0 Å². The van der Waals surface area contributed by atoms with Gasteiger partial charge >= 0.3 is 0 Å². The summed E-state index contributed by atoms with van der Waals surface area (Å²) in [6, 6.07) is 18.1. The minimum absolute atomic E-state index is 0.218. The molecule has 0 saturated carbocycles. The molecule has 3 heteroatoms. The van der Waals surface area contributed by atoms with Crippen LogP contribution in [-0.2, 0) is 5.11 Å². The fourth-order valence-electron chi connectivity index (χ4n) is 3.11. The van der Waals surface area contributed by atoms with Gasteiger partial charge in [0.1, 0.15) is 5.75 Å². The third-order valence-electron chi connectivity index (χ3n) is 4.23. The molecule has 1 radical (unpaired) electrons. The molecule has 111 valence electrons. The van der Waals surface area contributed by atoms with Gasteiger partial charge in [0.2, 0.25) is 0 Å². The second-order valence-electron chi connectivity index (χ2n) is 5.47. The van der Waals surface area contributed by atoms with E-state index in [1.54, 1.807) is 43.5 Å². The Morgan fingerprint density at radius 2 is 1.48 bits per heavy atom. The predicted molar refractivity (Wildman–Crippen MR) is 88.8 cm³/mol. The van der Waals surface area contributed by atoms with E-state index < -0.39 is 0 Å². The zero-order valence-electron chi connectivity index (χ0n) is 12.5. The minimum Gasteiger partial charge on any atom is -0.497 e. The average Bonchev–Trinajstić information content (AvgIpc) is 2.60. The summed E-state index contributed by atoms with van der Waals surface area (Å²) < 4.78 is 5.13. The SMILES string of the molecule is COc1ccc(C2=C([O])c3cccc4cccc(c34)C2=O)cc1. The number of ketones is 1. The molecule has 3 aromatic rings. The van der Waals surface area contributed by atoms with E-state index >= 15 is 0 Å². The van der Waals surface area contributed by atoms with Crippen molar-refractivity contribution in [1.82, 2.24) is 0 Å². The summed E-state index contributed by atoms with van der Waals surface area (Å²) in [6.07, 6.45) is 0. The molecule has 3 nitrogen and oxygen atoms in total. The van der Waals surface area contributed by atoms with E-state index in [-0.39, 0.29) is 17.1 Å². The average molecular weight is 301 g/mol. The molecule has 0 bridgehead atoms. The number of ether oxygens (including phenoxy) is 1. The number of benzene rings is 3. The maximum absolute atomic E-state index is 12.9. The molecule has 4 rings (SSSR count). The Morgan fingerprint density at radius 1 is 0.826 bits per heavy atom. The second kappa shape index (κ2) is 4.99. The van der Waals surface area contributed by atoms with Gasteiger partial charge < -0.3 is 4.74 Å². The van der Waals surface area contributed by atoms with Crippen LogP contribution in [0.4, 0.5) is 0 Å². The van der Waals surface area contributed by atoms with Crippen LogP contribution >= 0.6 is 0 Å². The van der Waals surface area contributed by atoms with E-state index in [1.165, 1.54) is 0 Å². The standard InChI is InChI=1S/C20H13O3/c1-23-14-10-8-13(9-11-14)18-19(21)15-6-2-4-12-5-3-7-16(17(12)15)20(18)22/h2-11H,1H3. The molecule has 23 heavy (non-hydrogen) atoms. The Hall–Kier alpha value is -3.07. The molecule has 0 amide bonds. The molecule has 0 saturated heterocycles. The third kappa shape index (κ3) is 1.94. The summed E-state index contributed by atoms with van der Waals surface area (Å²) in [6.45, 7) is 0. The normalized spacial score (nSPS) is 13.5. The molecule has 0 fully saturated rings. The highest BCUT2D eigenvalue weighted by Crippen LogP contribution is 2.39. The van der Waals surface area contributed by atoms with E-state index in [4.69, 9.17) is 4.74 Å². The zero-order valence-corrected chi connectivity index (χ0v) is 12.5. The van der Waals surface area contributed by atoms with Crippen molar-refractivity contribution in [3.8, 4) is 5.75 Å². The van der Waals surface area contributed by atoms with Crippen LogP contribution < -0.4 is 4.74 Å². The van der Waals surface area contributed by atoms with E-state index in [1.807, 2.05) is 24.3 Å². The van der Waals surface area contributed by atoms with Crippen molar-refractivity contribution in [2.75, 3.05) is 7.11 Å². The zero-order chi connectivity index (χ0) is 16.0. The highest BCUT2D eigenvalue weighted by molar-refractivity contribution is 6.39. The van der Waals surface area contributed by atoms with Crippen LogP contribution in [0, 0.1) is 0 Å². The maximum atomic E-state index is 12.9. The molecule has 0 unspecified atom stereocenters. The van der Waals surface area contributed by atoms with Crippen LogP contribution in [0.25, 0.3) is 22.1 Å². The first-order valence-corrected chi connectivity index (χ1v) is 7.33. The molecule has 0 heterocycles. The molecule has 1 aliphatic carbocycles. The summed E-state index contributed by atoms with van der Waals surface area (Å²) in [5.41, 5.74) is 2.01. The van der Waals surface area contributed by atoms with Gasteiger partial charge in [0.15, 0.2) is 11.5 Å². The number of carbonyl (C=O) groups excluding carboxylic acids is 1. The lowest BCUT2D eigenvalue weighted by atomic mass is 9.84. The molecule has 3 aromatic carbocycles.